The summed E-state index contributed by atoms with van der Waals surface area (Å²) in [6.07, 6.45) is 7.34. The lowest BCUT2D eigenvalue weighted by Crippen LogP contribution is -2.33. The molecular formula is C15H11Cl2N3O2. The number of amides is 1. The molecule has 0 spiro atoms. The van der Waals surface area contributed by atoms with Crippen molar-refractivity contribution in [2.24, 2.45) is 4.99 Å². The molecule has 0 fully saturated rings. The molecule has 1 atom stereocenters. The summed E-state index contributed by atoms with van der Waals surface area (Å²) in [6.45, 7) is 0. The maximum absolute atomic E-state index is 12.4. The molecule has 2 heterocycles. The number of carbonyl (C=O) groups is 1. The lowest BCUT2D eigenvalue weighted by Gasteiger charge is -2.26. The molecule has 7 heteroatoms. The first-order valence-corrected chi connectivity index (χ1v) is 7.18. The Morgan fingerprint density at radius 3 is 2.73 bits per heavy atom. The summed E-state index contributed by atoms with van der Waals surface area (Å²) in [5.41, 5.74) is 0.396. The third kappa shape index (κ3) is 2.78. The van der Waals surface area contributed by atoms with Crippen LogP contribution in [0.15, 0.2) is 59.4 Å². The standard InChI is InChI=1S/C15H11Cl2N3O2/c16-10-4-3-5-11(17)13(10)19-15(22)9-8-20-7-2-1-6-12(20)18-14(9)21/h1-8,14,21H,(H,19,22). The first-order chi connectivity index (χ1) is 10.6. The largest absolute Gasteiger partial charge is 0.368 e. The van der Waals surface area contributed by atoms with Crippen LogP contribution in [-0.4, -0.2) is 28.0 Å². The highest BCUT2D eigenvalue weighted by molar-refractivity contribution is 6.40. The number of aliphatic imine (C=N–C) groups is 1. The van der Waals surface area contributed by atoms with Crippen molar-refractivity contribution in [2.75, 3.05) is 5.32 Å². The highest BCUT2D eigenvalue weighted by atomic mass is 35.5. The Bertz CT molecular complexity index is 733. The SMILES string of the molecule is O=C(Nc1c(Cl)cccc1Cl)C1=CN2C=CC=CC2=NC1O. The van der Waals surface area contributed by atoms with Gasteiger partial charge >= 0.3 is 0 Å². The van der Waals surface area contributed by atoms with Gasteiger partial charge in [0.05, 0.1) is 21.3 Å². The van der Waals surface area contributed by atoms with Crippen molar-refractivity contribution in [3.63, 3.8) is 0 Å². The third-order valence-corrected chi connectivity index (χ3v) is 3.77. The smallest absolute Gasteiger partial charge is 0.257 e. The van der Waals surface area contributed by atoms with E-state index in [4.69, 9.17) is 23.2 Å². The number of nitrogens with one attached hydrogen (secondary N) is 1. The Kier molecular flexibility index (Phi) is 4.02. The molecule has 0 bridgehead atoms. The van der Waals surface area contributed by atoms with Crippen LogP contribution in [0.25, 0.3) is 0 Å². The van der Waals surface area contributed by atoms with Gasteiger partial charge < -0.3 is 15.3 Å². The molecule has 3 rings (SSSR count). The summed E-state index contributed by atoms with van der Waals surface area (Å²) in [6, 6.07) is 4.91. The maximum atomic E-state index is 12.4. The molecule has 2 aliphatic rings. The number of halogens is 2. The van der Waals surface area contributed by atoms with Crippen molar-refractivity contribution < 1.29 is 9.90 Å². The number of hydrogen-bond donors (Lipinski definition) is 2. The van der Waals surface area contributed by atoms with Gasteiger partial charge in [0.2, 0.25) is 0 Å². The van der Waals surface area contributed by atoms with Crippen molar-refractivity contribution in [3.05, 3.63) is 64.4 Å². The number of allylic oxidation sites excluding steroid dienone is 2. The lowest BCUT2D eigenvalue weighted by molar-refractivity contribution is -0.113. The van der Waals surface area contributed by atoms with Gasteiger partial charge in [-0.3, -0.25) is 4.79 Å². The molecule has 22 heavy (non-hydrogen) atoms. The van der Waals surface area contributed by atoms with E-state index in [1.165, 1.54) is 6.20 Å². The van der Waals surface area contributed by atoms with Crippen molar-refractivity contribution in [1.29, 1.82) is 0 Å². The number of rotatable bonds is 2. The molecule has 0 radical (unpaired) electrons. The molecule has 0 aliphatic carbocycles. The molecule has 5 nitrogen and oxygen atoms in total. The summed E-state index contributed by atoms with van der Waals surface area (Å²) in [4.78, 5) is 18.1. The molecule has 2 N–H and O–H groups in total. The van der Waals surface area contributed by atoms with E-state index >= 15 is 0 Å². The summed E-state index contributed by atoms with van der Waals surface area (Å²) >= 11 is 12.0. The molecule has 0 aromatic heterocycles. The summed E-state index contributed by atoms with van der Waals surface area (Å²) in [7, 11) is 0. The number of benzene rings is 1. The Labute approximate surface area is 136 Å². The zero-order chi connectivity index (χ0) is 15.7. The molecular weight excluding hydrogens is 325 g/mol. The molecule has 1 amide bonds. The number of para-hydroxylation sites is 1. The van der Waals surface area contributed by atoms with E-state index in [1.54, 1.807) is 47.5 Å². The minimum Gasteiger partial charge on any atom is -0.368 e. The van der Waals surface area contributed by atoms with Gasteiger partial charge in [0, 0.05) is 12.4 Å². The number of anilines is 1. The predicted molar refractivity (Wildman–Crippen MR) is 86.7 cm³/mol. The Balaban J connectivity index is 1.85. The number of fused-ring (bicyclic) bond motifs is 1. The van der Waals surface area contributed by atoms with E-state index in [-0.39, 0.29) is 5.57 Å². The molecule has 0 saturated carbocycles. The van der Waals surface area contributed by atoms with Crippen LogP contribution >= 0.6 is 23.2 Å². The summed E-state index contributed by atoms with van der Waals surface area (Å²) in [5, 5.41) is 13.3. The molecule has 2 aliphatic heterocycles. The van der Waals surface area contributed by atoms with Crippen molar-refractivity contribution >= 4 is 40.6 Å². The molecule has 112 valence electrons. The molecule has 1 unspecified atom stereocenters. The first kappa shape index (κ1) is 14.8. The second kappa shape index (κ2) is 5.96. The van der Waals surface area contributed by atoms with Gasteiger partial charge in [-0.25, -0.2) is 4.99 Å². The highest BCUT2D eigenvalue weighted by Crippen LogP contribution is 2.30. The van der Waals surface area contributed by atoms with Crippen LogP contribution in [0.3, 0.4) is 0 Å². The van der Waals surface area contributed by atoms with Gasteiger partial charge in [-0.1, -0.05) is 35.3 Å². The second-order valence-corrected chi connectivity index (χ2v) is 5.42. The number of amidine groups is 1. The zero-order valence-corrected chi connectivity index (χ0v) is 12.7. The van der Waals surface area contributed by atoms with Crippen molar-refractivity contribution in [1.82, 2.24) is 4.90 Å². The lowest BCUT2D eigenvalue weighted by atomic mass is 10.1. The number of nitrogens with zero attached hydrogens (tertiary/aromatic N) is 2. The molecule has 1 aromatic rings. The predicted octanol–water partition coefficient (Wildman–Crippen LogP) is 2.93. The van der Waals surface area contributed by atoms with Crippen LogP contribution in [0, 0.1) is 0 Å². The van der Waals surface area contributed by atoms with E-state index < -0.39 is 12.1 Å². The Morgan fingerprint density at radius 2 is 2.00 bits per heavy atom. The molecule has 1 aromatic carbocycles. The minimum absolute atomic E-state index is 0.0969. The number of aliphatic hydroxyl groups excluding tert-OH is 1. The van der Waals surface area contributed by atoms with Crippen LogP contribution in [0.2, 0.25) is 10.0 Å². The van der Waals surface area contributed by atoms with E-state index in [2.05, 4.69) is 10.3 Å². The van der Waals surface area contributed by atoms with Crippen LogP contribution in [0.4, 0.5) is 5.69 Å². The first-order valence-electron chi connectivity index (χ1n) is 6.42. The zero-order valence-electron chi connectivity index (χ0n) is 11.2. The average Bonchev–Trinajstić information content (AvgIpc) is 2.50. The van der Waals surface area contributed by atoms with Crippen LogP contribution in [-0.2, 0) is 4.79 Å². The van der Waals surface area contributed by atoms with Crippen LogP contribution in [0.5, 0.6) is 0 Å². The van der Waals surface area contributed by atoms with E-state index in [9.17, 15) is 9.90 Å². The Morgan fingerprint density at radius 1 is 1.27 bits per heavy atom. The van der Waals surface area contributed by atoms with Gasteiger partial charge in [-0.05, 0) is 24.3 Å². The topological polar surface area (TPSA) is 64.9 Å². The number of carbonyl (C=O) groups excluding carboxylic acids is 1. The number of aliphatic hydroxyl groups is 1. The quantitative estimate of drug-likeness (QED) is 0.873. The van der Waals surface area contributed by atoms with E-state index in [1.807, 2.05) is 0 Å². The second-order valence-electron chi connectivity index (χ2n) is 4.60. The van der Waals surface area contributed by atoms with E-state index in [0.717, 1.165) is 0 Å². The highest BCUT2D eigenvalue weighted by Gasteiger charge is 2.26. The van der Waals surface area contributed by atoms with Crippen molar-refractivity contribution in [3.8, 4) is 0 Å². The van der Waals surface area contributed by atoms with Gasteiger partial charge in [-0.2, -0.15) is 0 Å². The van der Waals surface area contributed by atoms with Crippen LogP contribution < -0.4 is 5.32 Å². The fraction of sp³-hybridized carbons (Fsp3) is 0.0667. The number of hydrogen-bond acceptors (Lipinski definition) is 4. The van der Waals surface area contributed by atoms with Gasteiger partial charge in [0.25, 0.3) is 5.91 Å². The maximum Gasteiger partial charge on any atom is 0.257 e. The fourth-order valence-electron chi connectivity index (χ4n) is 2.06. The third-order valence-electron chi connectivity index (χ3n) is 3.14. The molecule has 0 saturated heterocycles. The van der Waals surface area contributed by atoms with Gasteiger partial charge in [-0.15, -0.1) is 0 Å². The fourth-order valence-corrected chi connectivity index (χ4v) is 2.55. The van der Waals surface area contributed by atoms with Gasteiger partial charge in [0.1, 0.15) is 5.84 Å². The van der Waals surface area contributed by atoms with Crippen LogP contribution in [0.1, 0.15) is 0 Å². The minimum atomic E-state index is -1.25. The van der Waals surface area contributed by atoms with Gasteiger partial charge in [0.15, 0.2) is 6.23 Å². The monoisotopic (exact) mass is 335 g/mol. The summed E-state index contributed by atoms with van der Waals surface area (Å²) in [5.74, 6) is 0.0376. The normalized spacial score (nSPS) is 19.4. The summed E-state index contributed by atoms with van der Waals surface area (Å²) < 4.78 is 0. The Hall–Kier alpha value is -2.08. The van der Waals surface area contributed by atoms with Crippen molar-refractivity contribution in [2.45, 2.75) is 6.23 Å². The van der Waals surface area contributed by atoms with E-state index in [0.29, 0.717) is 21.6 Å². The average molecular weight is 336 g/mol.